The first-order valence-electron chi connectivity index (χ1n) is 6.98. The Labute approximate surface area is 113 Å². The Morgan fingerprint density at radius 1 is 1.32 bits per heavy atom. The molecule has 2 aliphatic heterocycles. The predicted molar refractivity (Wildman–Crippen MR) is 71.5 cm³/mol. The van der Waals surface area contributed by atoms with Crippen LogP contribution in [0.25, 0.3) is 0 Å². The van der Waals surface area contributed by atoms with E-state index < -0.39 is 9.84 Å². The number of aromatic nitrogens is 2. The molecule has 0 amide bonds. The van der Waals surface area contributed by atoms with Crippen molar-refractivity contribution in [3.63, 3.8) is 0 Å². The van der Waals surface area contributed by atoms with Gasteiger partial charge in [-0.3, -0.25) is 0 Å². The molecule has 0 aromatic carbocycles. The first kappa shape index (κ1) is 13.1. The average Bonchev–Trinajstić information content (AvgIpc) is 2.77. The Balaban J connectivity index is 1.71. The first-order chi connectivity index (χ1) is 9.05. The van der Waals surface area contributed by atoms with E-state index in [-0.39, 0.29) is 6.10 Å². The Kier molecular flexibility index (Phi) is 3.39. The number of aliphatic hydroxyl groups is 1. The van der Waals surface area contributed by atoms with Gasteiger partial charge in [0.1, 0.15) is 15.7 Å². The summed E-state index contributed by atoms with van der Waals surface area (Å²) in [6, 6.07) is 0. The molecule has 1 N–H and O–H groups in total. The van der Waals surface area contributed by atoms with Crippen molar-refractivity contribution in [1.29, 1.82) is 0 Å². The number of hydrogen-bond donors (Lipinski definition) is 1. The van der Waals surface area contributed by atoms with E-state index in [1.54, 1.807) is 6.20 Å². The summed E-state index contributed by atoms with van der Waals surface area (Å²) in [5.74, 6) is 2.05. The van der Waals surface area contributed by atoms with E-state index in [2.05, 4.69) is 9.55 Å². The molecular formula is C13H20N2O3S. The molecule has 5 nitrogen and oxygen atoms in total. The van der Waals surface area contributed by atoms with Crippen molar-refractivity contribution in [2.24, 2.45) is 5.92 Å². The minimum Gasteiger partial charge on any atom is -0.387 e. The minimum absolute atomic E-state index is 0.313. The van der Waals surface area contributed by atoms with Crippen LogP contribution in [0, 0.1) is 5.92 Å². The number of imidazole rings is 1. The van der Waals surface area contributed by atoms with Crippen molar-refractivity contribution in [1.82, 2.24) is 9.55 Å². The van der Waals surface area contributed by atoms with Gasteiger partial charge in [-0.25, -0.2) is 13.4 Å². The van der Waals surface area contributed by atoms with Gasteiger partial charge >= 0.3 is 0 Å². The fourth-order valence-electron chi connectivity index (χ4n) is 3.11. The molecule has 3 rings (SSSR count). The van der Waals surface area contributed by atoms with Gasteiger partial charge in [0, 0.05) is 13.0 Å². The van der Waals surface area contributed by atoms with E-state index in [9.17, 15) is 13.5 Å². The number of sulfone groups is 1. The number of rotatable bonds is 2. The molecule has 106 valence electrons. The van der Waals surface area contributed by atoms with Gasteiger partial charge in [-0.05, 0) is 31.6 Å². The molecule has 0 saturated carbocycles. The lowest BCUT2D eigenvalue weighted by Gasteiger charge is -2.24. The molecule has 1 unspecified atom stereocenters. The molecule has 1 aromatic heterocycles. The highest BCUT2D eigenvalue weighted by atomic mass is 32.2. The Bertz CT molecular complexity index is 550. The Hall–Kier alpha value is -0.880. The van der Waals surface area contributed by atoms with Crippen LogP contribution in [0.1, 0.15) is 43.3 Å². The van der Waals surface area contributed by atoms with Crippen molar-refractivity contribution >= 4 is 9.84 Å². The van der Waals surface area contributed by atoms with Crippen LogP contribution < -0.4 is 0 Å². The van der Waals surface area contributed by atoms with Gasteiger partial charge in [0.2, 0.25) is 0 Å². The van der Waals surface area contributed by atoms with Gasteiger partial charge in [0.15, 0.2) is 0 Å². The molecule has 1 aromatic rings. The van der Waals surface area contributed by atoms with Crippen LogP contribution in [0.15, 0.2) is 6.20 Å². The van der Waals surface area contributed by atoms with Crippen molar-refractivity contribution in [2.45, 2.75) is 44.8 Å². The van der Waals surface area contributed by atoms with E-state index in [1.165, 1.54) is 0 Å². The molecule has 1 atom stereocenters. The highest BCUT2D eigenvalue weighted by Gasteiger charge is 2.27. The van der Waals surface area contributed by atoms with E-state index in [0.29, 0.717) is 17.4 Å². The summed E-state index contributed by atoms with van der Waals surface area (Å²) in [4.78, 5) is 4.43. The lowest BCUT2D eigenvalue weighted by Crippen LogP contribution is -2.26. The van der Waals surface area contributed by atoms with Crippen LogP contribution in [0.5, 0.6) is 0 Å². The van der Waals surface area contributed by atoms with Gasteiger partial charge in [0.05, 0.1) is 29.5 Å². The van der Waals surface area contributed by atoms with Crippen LogP contribution in [0.3, 0.4) is 0 Å². The third-order valence-corrected chi connectivity index (χ3v) is 6.03. The topological polar surface area (TPSA) is 72.2 Å². The van der Waals surface area contributed by atoms with Crippen molar-refractivity contribution in [3.05, 3.63) is 17.7 Å². The quantitative estimate of drug-likeness (QED) is 0.882. The molecule has 0 bridgehead atoms. The molecule has 1 saturated heterocycles. The van der Waals surface area contributed by atoms with E-state index in [1.807, 2.05) is 0 Å². The number of hydrogen-bond acceptors (Lipinski definition) is 4. The van der Waals surface area contributed by atoms with Gasteiger partial charge < -0.3 is 9.67 Å². The molecular weight excluding hydrogens is 264 g/mol. The standard InChI is InChI=1S/C13H20N2O3S/c16-12-2-1-5-15-11(12)9-14-13(15)8-10-3-6-19(17,18)7-4-10/h9-10,12,16H,1-8H2. The van der Waals surface area contributed by atoms with E-state index in [4.69, 9.17) is 0 Å². The fraction of sp³-hybridized carbons (Fsp3) is 0.769. The van der Waals surface area contributed by atoms with Crippen LogP contribution in [-0.4, -0.2) is 34.6 Å². The normalized spacial score (nSPS) is 27.1. The second-order valence-corrected chi connectivity index (χ2v) is 8.01. The van der Waals surface area contributed by atoms with Gasteiger partial charge in [-0.15, -0.1) is 0 Å². The maximum Gasteiger partial charge on any atom is 0.150 e. The van der Waals surface area contributed by atoms with Crippen LogP contribution in [-0.2, 0) is 22.8 Å². The zero-order valence-corrected chi connectivity index (χ0v) is 11.8. The fourth-order valence-corrected chi connectivity index (χ4v) is 4.70. The summed E-state index contributed by atoms with van der Waals surface area (Å²) in [5.41, 5.74) is 0.921. The molecule has 0 radical (unpaired) electrons. The molecule has 19 heavy (non-hydrogen) atoms. The summed E-state index contributed by atoms with van der Waals surface area (Å²) >= 11 is 0. The molecule has 0 spiro atoms. The van der Waals surface area contributed by atoms with E-state index in [0.717, 1.165) is 50.2 Å². The van der Waals surface area contributed by atoms with E-state index >= 15 is 0 Å². The summed E-state index contributed by atoms with van der Waals surface area (Å²) in [7, 11) is -2.79. The van der Waals surface area contributed by atoms with Gasteiger partial charge in [-0.2, -0.15) is 0 Å². The van der Waals surface area contributed by atoms with Gasteiger partial charge in [-0.1, -0.05) is 0 Å². The number of aliphatic hydroxyl groups excluding tert-OH is 1. The third-order valence-electron chi connectivity index (χ3n) is 4.32. The average molecular weight is 284 g/mol. The van der Waals surface area contributed by atoms with Gasteiger partial charge in [0.25, 0.3) is 0 Å². The number of fused-ring (bicyclic) bond motifs is 1. The maximum absolute atomic E-state index is 11.4. The number of nitrogens with zero attached hydrogens (tertiary/aromatic N) is 2. The summed E-state index contributed by atoms with van der Waals surface area (Å²) < 4.78 is 25.0. The smallest absolute Gasteiger partial charge is 0.150 e. The minimum atomic E-state index is -2.79. The first-order valence-corrected chi connectivity index (χ1v) is 8.80. The lowest BCUT2D eigenvalue weighted by atomic mass is 9.98. The van der Waals surface area contributed by atoms with Crippen molar-refractivity contribution < 1.29 is 13.5 Å². The highest BCUT2D eigenvalue weighted by molar-refractivity contribution is 7.91. The molecule has 2 aliphatic rings. The second-order valence-electron chi connectivity index (χ2n) is 5.71. The largest absolute Gasteiger partial charge is 0.387 e. The molecule has 6 heteroatoms. The molecule has 0 aliphatic carbocycles. The molecule has 1 fully saturated rings. The van der Waals surface area contributed by atoms with Crippen molar-refractivity contribution in [3.8, 4) is 0 Å². The Morgan fingerprint density at radius 2 is 2.05 bits per heavy atom. The van der Waals surface area contributed by atoms with Crippen LogP contribution >= 0.6 is 0 Å². The summed E-state index contributed by atoms with van der Waals surface area (Å²) in [6.07, 6.45) is 5.51. The second kappa shape index (κ2) is 4.90. The third kappa shape index (κ3) is 2.69. The monoisotopic (exact) mass is 284 g/mol. The maximum atomic E-state index is 11.4. The highest BCUT2D eigenvalue weighted by Crippen LogP contribution is 2.28. The van der Waals surface area contributed by atoms with Crippen LogP contribution in [0.4, 0.5) is 0 Å². The predicted octanol–water partition coefficient (Wildman–Crippen LogP) is 1.08. The van der Waals surface area contributed by atoms with Crippen LogP contribution in [0.2, 0.25) is 0 Å². The molecule has 3 heterocycles. The SMILES string of the molecule is O=S1(=O)CCC(Cc2ncc3n2CCCC3O)CC1. The Morgan fingerprint density at radius 3 is 2.79 bits per heavy atom. The zero-order chi connectivity index (χ0) is 13.5. The summed E-state index contributed by atoms with van der Waals surface area (Å²) in [6.45, 7) is 0.923. The lowest BCUT2D eigenvalue weighted by molar-refractivity contribution is 0.138. The zero-order valence-electron chi connectivity index (χ0n) is 11.0. The summed E-state index contributed by atoms with van der Waals surface area (Å²) in [5, 5.41) is 9.91. The van der Waals surface area contributed by atoms with Crippen molar-refractivity contribution in [2.75, 3.05) is 11.5 Å².